The van der Waals surface area contributed by atoms with Crippen LogP contribution in [0.4, 0.5) is 0 Å². The maximum Gasteiger partial charge on any atom is 0.274 e. The second-order valence-corrected chi connectivity index (χ2v) is 10.1. The summed E-state index contributed by atoms with van der Waals surface area (Å²) in [7, 11) is 0. The number of carbonyl (C=O) groups excluding carboxylic acids is 1. The van der Waals surface area contributed by atoms with Gasteiger partial charge in [-0.2, -0.15) is 5.10 Å². The highest BCUT2D eigenvalue weighted by molar-refractivity contribution is 7.13. The molecule has 5 nitrogen and oxygen atoms in total. The van der Waals surface area contributed by atoms with E-state index >= 15 is 0 Å². The van der Waals surface area contributed by atoms with Crippen molar-refractivity contribution < 1.29 is 4.79 Å². The Morgan fingerprint density at radius 2 is 2.21 bits per heavy atom. The largest absolute Gasteiger partial charge is 0.330 e. The highest BCUT2D eigenvalue weighted by atomic mass is 32.1. The zero-order chi connectivity index (χ0) is 19.4. The van der Waals surface area contributed by atoms with Gasteiger partial charge in [0.15, 0.2) is 5.69 Å². The molecular weight excluding hydrogens is 380 g/mol. The lowest BCUT2D eigenvalue weighted by molar-refractivity contribution is 0.00131. The molecule has 3 aliphatic heterocycles. The minimum absolute atomic E-state index is 0.0962. The van der Waals surface area contributed by atoms with Crippen molar-refractivity contribution in [2.24, 2.45) is 11.8 Å². The fourth-order valence-corrected chi connectivity index (χ4v) is 7.03. The van der Waals surface area contributed by atoms with Gasteiger partial charge >= 0.3 is 0 Å². The average Bonchev–Trinajstić information content (AvgIpc) is 3.45. The molecule has 4 unspecified atom stereocenters. The monoisotopic (exact) mass is 408 g/mol. The van der Waals surface area contributed by atoms with Gasteiger partial charge in [-0.05, 0) is 68.0 Å². The Balaban J connectivity index is 1.29. The van der Waals surface area contributed by atoms with Crippen LogP contribution in [0.5, 0.6) is 0 Å². The van der Waals surface area contributed by atoms with E-state index in [-0.39, 0.29) is 11.9 Å². The molecule has 0 radical (unpaired) electrons. The Kier molecular flexibility index (Phi) is 4.38. The van der Waals surface area contributed by atoms with E-state index in [0.29, 0.717) is 17.5 Å². The molecule has 4 atom stereocenters. The maximum atomic E-state index is 13.5. The van der Waals surface area contributed by atoms with Crippen LogP contribution in [-0.4, -0.2) is 57.6 Å². The van der Waals surface area contributed by atoms with Crippen molar-refractivity contribution in [3.8, 4) is 10.6 Å². The molecule has 4 aliphatic rings. The van der Waals surface area contributed by atoms with E-state index in [9.17, 15) is 4.79 Å². The van der Waals surface area contributed by atoms with Crippen molar-refractivity contribution in [3.05, 3.63) is 40.9 Å². The van der Waals surface area contributed by atoms with Crippen LogP contribution in [0.3, 0.4) is 0 Å². The molecule has 0 saturated carbocycles. The third kappa shape index (κ3) is 2.99. The second-order valence-electron chi connectivity index (χ2n) is 9.15. The SMILES string of the molecule is O=C(c1cc(-c2cccs2)[nH]n1)N1CCCC2=CC3CC(CN4CCCCC34)C21. The van der Waals surface area contributed by atoms with Gasteiger partial charge in [-0.15, -0.1) is 11.3 Å². The smallest absolute Gasteiger partial charge is 0.274 e. The lowest BCUT2D eigenvalue weighted by atomic mass is 9.68. The van der Waals surface area contributed by atoms with Crippen LogP contribution < -0.4 is 0 Å². The summed E-state index contributed by atoms with van der Waals surface area (Å²) in [5.74, 6) is 1.37. The molecule has 3 saturated heterocycles. The molecule has 152 valence electrons. The molecule has 2 bridgehead atoms. The maximum absolute atomic E-state index is 13.5. The topological polar surface area (TPSA) is 52.2 Å². The summed E-state index contributed by atoms with van der Waals surface area (Å²) >= 11 is 1.67. The number of likely N-dealkylation sites (tertiary alicyclic amines) is 1. The van der Waals surface area contributed by atoms with Gasteiger partial charge in [0.25, 0.3) is 5.91 Å². The summed E-state index contributed by atoms with van der Waals surface area (Å²) in [6, 6.07) is 7.04. The Hall–Kier alpha value is -1.92. The minimum atomic E-state index is 0.0962. The van der Waals surface area contributed by atoms with Gasteiger partial charge in [-0.1, -0.05) is 24.1 Å². The van der Waals surface area contributed by atoms with Crippen LogP contribution in [0.2, 0.25) is 0 Å². The number of carbonyl (C=O) groups is 1. The molecular formula is C23H28N4OS. The Labute approximate surface area is 175 Å². The van der Waals surface area contributed by atoms with Crippen LogP contribution in [0.15, 0.2) is 35.2 Å². The van der Waals surface area contributed by atoms with Crippen LogP contribution in [-0.2, 0) is 0 Å². The molecule has 0 spiro atoms. The molecule has 5 heterocycles. The van der Waals surface area contributed by atoms with Crippen molar-refractivity contribution in [2.45, 2.75) is 50.6 Å². The fourth-order valence-electron chi connectivity index (χ4n) is 6.34. The summed E-state index contributed by atoms with van der Waals surface area (Å²) < 4.78 is 0. The zero-order valence-corrected chi connectivity index (χ0v) is 17.5. The Bertz CT molecular complexity index is 933. The van der Waals surface area contributed by atoms with Crippen molar-refractivity contribution in [1.29, 1.82) is 0 Å². The lowest BCUT2D eigenvalue weighted by Gasteiger charge is -2.54. The number of H-pyrrole nitrogens is 1. The van der Waals surface area contributed by atoms with Gasteiger partial charge in [-0.3, -0.25) is 14.8 Å². The molecule has 1 N–H and O–H groups in total. The van der Waals surface area contributed by atoms with Gasteiger partial charge in [0.05, 0.1) is 16.6 Å². The van der Waals surface area contributed by atoms with E-state index in [2.05, 4.69) is 37.5 Å². The number of piperidine rings is 3. The number of hydrogen-bond acceptors (Lipinski definition) is 4. The zero-order valence-electron chi connectivity index (χ0n) is 16.7. The molecule has 29 heavy (non-hydrogen) atoms. The molecule has 1 aliphatic carbocycles. The van der Waals surface area contributed by atoms with Gasteiger partial charge in [0.1, 0.15) is 0 Å². The molecule has 6 rings (SSSR count). The Morgan fingerprint density at radius 3 is 3.10 bits per heavy atom. The number of aromatic amines is 1. The van der Waals surface area contributed by atoms with Gasteiger partial charge < -0.3 is 4.90 Å². The number of rotatable bonds is 2. The van der Waals surface area contributed by atoms with Crippen LogP contribution in [0, 0.1) is 11.8 Å². The van der Waals surface area contributed by atoms with Crippen LogP contribution in [0.25, 0.3) is 10.6 Å². The summed E-state index contributed by atoms with van der Waals surface area (Å²) in [6.07, 6.45) is 10.1. The van der Waals surface area contributed by atoms with Crippen molar-refractivity contribution in [3.63, 3.8) is 0 Å². The van der Waals surface area contributed by atoms with Gasteiger partial charge in [0, 0.05) is 19.1 Å². The third-order valence-corrected chi connectivity index (χ3v) is 8.40. The van der Waals surface area contributed by atoms with Gasteiger partial charge in [-0.25, -0.2) is 0 Å². The first-order valence-corrected chi connectivity index (χ1v) is 12.0. The molecule has 2 aromatic heterocycles. The minimum Gasteiger partial charge on any atom is -0.330 e. The highest BCUT2D eigenvalue weighted by Crippen LogP contribution is 2.45. The first kappa shape index (κ1) is 17.9. The number of thiophene rings is 1. The molecule has 6 heteroatoms. The van der Waals surface area contributed by atoms with Crippen molar-refractivity contribution in [1.82, 2.24) is 20.0 Å². The van der Waals surface area contributed by atoms with E-state index in [1.165, 1.54) is 37.8 Å². The number of aromatic nitrogens is 2. The van der Waals surface area contributed by atoms with E-state index in [0.717, 1.165) is 42.5 Å². The number of nitrogens with zero attached hydrogens (tertiary/aromatic N) is 3. The summed E-state index contributed by atoms with van der Waals surface area (Å²) in [6.45, 7) is 3.26. The van der Waals surface area contributed by atoms with E-state index in [4.69, 9.17) is 0 Å². The standard InChI is InChI=1S/C23H28N4OS/c28-23(19-13-18(24-25-19)21-7-4-10-29-21)27-9-3-5-15-11-16-12-17(22(15)27)14-26-8-2-1-6-20(16)26/h4,7,10-11,13,16-17,20,22H,1-3,5-6,8-9,12,14H2,(H,24,25). The number of hydrogen-bond donors (Lipinski definition) is 1. The molecule has 2 aromatic rings. The average molecular weight is 409 g/mol. The quantitative estimate of drug-likeness (QED) is 0.759. The van der Waals surface area contributed by atoms with E-state index < -0.39 is 0 Å². The first-order valence-electron chi connectivity index (χ1n) is 11.1. The summed E-state index contributed by atoms with van der Waals surface area (Å²) in [4.78, 5) is 19.5. The summed E-state index contributed by atoms with van der Waals surface area (Å²) in [5, 5.41) is 9.51. The molecule has 1 amide bonds. The predicted octanol–water partition coefficient (Wildman–Crippen LogP) is 4.17. The van der Waals surface area contributed by atoms with Gasteiger partial charge in [0.2, 0.25) is 0 Å². The van der Waals surface area contributed by atoms with Crippen LogP contribution in [0.1, 0.15) is 49.0 Å². The molecule has 3 fully saturated rings. The number of amides is 1. The third-order valence-electron chi connectivity index (χ3n) is 7.50. The predicted molar refractivity (Wildman–Crippen MR) is 115 cm³/mol. The molecule has 0 aromatic carbocycles. The fraction of sp³-hybridized carbons (Fsp3) is 0.565. The normalized spacial score (nSPS) is 31.7. The lowest BCUT2D eigenvalue weighted by Crippen LogP contribution is -2.60. The second kappa shape index (κ2) is 7.10. The Morgan fingerprint density at radius 1 is 1.24 bits per heavy atom. The van der Waals surface area contributed by atoms with Crippen molar-refractivity contribution in [2.75, 3.05) is 19.6 Å². The summed E-state index contributed by atoms with van der Waals surface area (Å²) in [5.41, 5.74) is 3.03. The first-order chi connectivity index (χ1) is 14.3. The number of nitrogens with one attached hydrogen (secondary N) is 1. The van der Waals surface area contributed by atoms with E-state index in [1.54, 1.807) is 11.3 Å². The number of fused-ring (bicyclic) bond motifs is 6. The van der Waals surface area contributed by atoms with Crippen LogP contribution >= 0.6 is 11.3 Å². The van der Waals surface area contributed by atoms with Crippen molar-refractivity contribution >= 4 is 17.2 Å². The van der Waals surface area contributed by atoms with E-state index in [1.807, 2.05) is 12.1 Å². The highest BCUT2D eigenvalue weighted by Gasteiger charge is 2.47.